The van der Waals surface area contributed by atoms with Crippen molar-refractivity contribution in [2.24, 2.45) is 5.41 Å². The maximum Gasteiger partial charge on any atom is 0.123 e. The quantitative estimate of drug-likeness (QED) is 0.760. The van der Waals surface area contributed by atoms with Gasteiger partial charge in [-0.3, -0.25) is 0 Å². The van der Waals surface area contributed by atoms with Gasteiger partial charge in [0, 0.05) is 38.4 Å². The monoisotopic (exact) mass is 267 g/mol. The molecule has 0 heterocycles. The van der Waals surface area contributed by atoms with Gasteiger partial charge in [-0.1, -0.05) is 19.9 Å². The second kappa shape index (κ2) is 7.36. The van der Waals surface area contributed by atoms with Gasteiger partial charge in [0.25, 0.3) is 0 Å². The van der Waals surface area contributed by atoms with Crippen molar-refractivity contribution in [3.05, 3.63) is 23.8 Å². The Balaban J connectivity index is 2.44. The summed E-state index contributed by atoms with van der Waals surface area (Å²) in [5.41, 5.74) is 1.06. The molecule has 0 atom stereocenters. The molecule has 0 amide bonds. The van der Waals surface area contributed by atoms with Crippen molar-refractivity contribution in [3.63, 3.8) is 0 Å². The molecule has 108 valence electrons. The molecule has 0 radical (unpaired) electrons. The number of ether oxygens (including phenoxy) is 2. The third-order valence-corrected chi connectivity index (χ3v) is 3.19. The van der Waals surface area contributed by atoms with Crippen LogP contribution in [-0.4, -0.2) is 32.5 Å². The van der Waals surface area contributed by atoms with Crippen molar-refractivity contribution in [2.75, 3.05) is 27.4 Å². The van der Waals surface area contributed by atoms with Crippen LogP contribution in [0, 0.1) is 5.41 Å². The van der Waals surface area contributed by atoms with E-state index in [0.717, 1.165) is 25.1 Å². The summed E-state index contributed by atoms with van der Waals surface area (Å²) in [7, 11) is 3.31. The minimum Gasteiger partial charge on any atom is -0.507 e. The Hall–Kier alpha value is -1.26. The summed E-state index contributed by atoms with van der Waals surface area (Å²) in [6.07, 6.45) is 1.01. The number of phenols is 1. The Bertz CT molecular complexity index is 391. The van der Waals surface area contributed by atoms with Gasteiger partial charge in [-0.05, 0) is 17.9 Å². The van der Waals surface area contributed by atoms with E-state index in [1.807, 2.05) is 12.1 Å². The highest BCUT2D eigenvalue weighted by molar-refractivity contribution is 5.39. The van der Waals surface area contributed by atoms with Crippen molar-refractivity contribution in [1.29, 1.82) is 0 Å². The molecule has 0 saturated heterocycles. The predicted molar refractivity (Wildman–Crippen MR) is 76.6 cm³/mol. The van der Waals surface area contributed by atoms with Crippen LogP contribution in [0.25, 0.3) is 0 Å². The van der Waals surface area contributed by atoms with Crippen molar-refractivity contribution < 1.29 is 14.6 Å². The lowest BCUT2D eigenvalue weighted by atomic mass is 9.89. The summed E-state index contributed by atoms with van der Waals surface area (Å²) >= 11 is 0. The second-order valence-electron chi connectivity index (χ2n) is 5.51. The highest BCUT2D eigenvalue weighted by atomic mass is 16.5. The highest BCUT2D eigenvalue weighted by Crippen LogP contribution is 2.24. The van der Waals surface area contributed by atoms with E-state index in [-0.39, 0.29) is 11.2 Å². The molecule has 0 saturated carbocycles. The zero-order valence-corrected chi connectivity index (χ0v) is 12.3. The van der Waals surface area contributed by atoms with Crippen molar-refractivity contribution >= 4 is 0 Å². The Labute approximate surface area is 115 Å². The maximum absolute atomic E-state index is 9.85. The van der Waals surface area contributed by atoms with E-state index >= 15 is 0 Å². The summed E-state index contributed by atoms with van der Waals surface area (Å²) in [5.74, 6) is 0.934. The standard InChI is InChI=1S/C15H25NO3/c1-15(2,7-8-18-3)11-16-10-12-5-6-13(19-4)9-14(12)17/h5-6,9,16-17H,7-8,10-11H2,1-4H3. The number of aromatic hydroxyl groups is 1. The van der Waals surface area contributed by atoms with Crippen molar-refractivity contribution in [3.8, 4) is 11.5 Å². The molecule has 1 rings (SSSR count). The number of benzene rings is 1. The molecule has 0 aromatic heterocycles. The lowest BCUT2D eigenvalue weighted by molar-refractivity contribution is 0.150. The number of phenolic OH excluding ortho intramolecular Hbond substituents is 1. The molecule has 0 aliphatic heterocycles. The van der Waals surface area contributed by atoms with Gasteiger partial charge >= 0.3 is 0 Å². The first-order valence-corrected chi connectivity index (χ1v) is 6.54. The van der Waals surface area contributed by atoms with Gasteiger partial charge in [0.05, 0.1) is 7.11 Å². The number of methoxy groups -OCH3 is 2. The Morgan fingerprint density at radius 1 is 1.26 bits per heavy atom. The first kappa shape index (κ1) is 15.8. The normalized spacial score (nSPS) is 11.6. The van der Waals surface area contributed by atoms with Gasteiger partial charge in [0.15, 0.2) is 0 Å². The van der Waals surface area contributed by atoms with Crippen LogP contribution in [0.5, 0.6) is 11.5 Å². The van der Waals surface area contributed by atoms with E-state index in [0.29, 0.717) is 12.3 Å². The van der Waals surface area contributed by atoms with Gasteiger partial charge in [-0.15, -0.1) is 0 Å². The van der Waals surface area contributed by atoms with Crippen molar-refractivity contribution in [1.82, 2.24) is 5.32 Å². The van der Waals surface area contributed by atoms with E-state index in [4.69, 9.17) is 9.47 Å². The van der Waals surface area contributed by atoms with Crippen LogP contribution in [-0.2, 0) is 11.3 Å². The molecule has 4 nitrogen and oxygen atoms in total. The smallest absolute Gasteiger partial charge is 0.123 e. The third kappa shape index (κ3) is 5.49. The van der Waals surface area contributed by atoms with Gasteiger partial charge < -0.3 is 19.9 Å². The van der Waals surface area contributed by atoms with E-state index in [9.17, 15) is 5.11 Å². The summed E-state index contributed by atoms with van der Waals surface area (Å²) in [5, 5.41) is 13.2. The minimum absolute atomic E-state index is 0.179. The molecule has 4 heteroatoms. The Morgan fingerprint density at radius 3 is 2.58 bits per heavy atom. The molecular weight excluding hydrogens is 242 g/mol. The SMILES string of the molecule is COCCC(C)(C)CNCc1ccc(OC)cc1O. The molecule has 0 aliphatic rings. The van der Waals surface area contributed by atoms with Crippen LogP contribution >= 0.6 is 0 Å². The van der Waals surface area contributed by atoms with E-state index in [1.165, 1.54) is 0 Å². The fraction of sp³-hybridized carbons (Fsp3) is 0.600. The molecular formula is C15H25NO3. The van der Waals surface area contributed by atoms with Crippen LogP contribution in [0.1, 0.15) is 25.8 Å². The molecule has 0 fully saturated rings. The minimum atomic E-state index is 0.179. The third-order valence-electron chi connectivity index (χ3n) is 3.19. The first-order chi connectivity index (χ1) is 8.98. The summed E-state index contributed by atoms with van der Waals surface area (Å²) in [4.78, 5) is 0. The predicted octanol–water partition coefficient (Wildman–Crippen LogP) is 2.55. The van der Waals surface area contributed by atoms with Gasteiger partial charge in [-0.2, -0.15) is 0 Å². The van der Waals surface area contributed by atoms with E-state index in [1.54, 1.807) is 20.3 Å². The number of hydrogen-bond acceptors (Lipinski definition) is 4. The summed E-state index contributed by atoms with van der Waals surface area (Å²) in [6.45, 7) is 6.69. The molecule has 0 unspecified atom stereocenters. The topological polar surface area (TPSA) is 50.7 Å². The van der Waals surface area contributed by atoms with Crippen LogP contribution in [0.3, 0.4) is 0 Å². The van der Waals surface area contributed by atoms with Crippen molar-refractivity contribution in [2.45, 2.75) is 26.8 Å². The Morgan fingerprint density at radius 2 is 2.00 bits per heavy atom. The Kier molecular flexibility index (Phi) is 6.12. The number of rotatable bonds is 8. The average molecular weight is 267 g/mol. The number of hydrogen-bond donors (Lipinski definition) is 2. The molecule has 0 bridgehead atoms. The van der Waals surface area contributed by atoms with E-state index < -0.39 is 0 Å². The van der Waals surface area contributed by atoms with Gasteiger partial charge in [-0.25, -0.2) is 0 Å². The van der Waals surface area contributed by atoms with Gasteiger partial charge in [0.2, 0.25) is 0 Å². The summed E-state index contributed by atoms with van der Waals surface area (Å²) < 4.78 is 10.2. The van der Waals surface area contributed by atoms with Crippen LogP contribution < -0.4 is 10.1 Å². The molecule has 0 aliphatic carbocycles. The highest BCUT2D eigenvalue weighted by Gasteiger charge is 2.17. The molecule has 1 aromatic rings. The average Bonchev–Trinajstić information content (AvgIpc) is 2.38. The zero-order valence-electron chi connectivity index (χ0n) is 12.3. The fourth-order valence-electron chi connectivity index (χ4n) is 1.82. The molecule has 0 spiro atoms. The molecule has 1 aromatic carbocycles. The maximum atomic E-state index is 9.85. The molecule has 2 N–H and O–H groups in total. The van der Waals surface area contributed by atoms with Crippen LogP contribution in [0.15, 0.2) is 18.2 Å². The van der Waals surface area contributed by atoms with Gasteiger partial charge in [0.1, 0.15) is 11.5 Å². The second-order valence-corrected chi connectivity index (χ2v) is 5.51. The fourth-order valence-corrected chi connectivity index (χ4v) is 1.82. The zero-order chi connectivity index (χ0) is 14.3. The lowest BCUT2D eigenvalue weighted by Gasteiger charge is -2.24. The number of nitrogens with one attached hydrogen (secondary N) is 1. The largest absolute Gasteiger partial charge is 0.507 e. The molecule has 19 heavy (non-hydrogen) atoms. The van der Waals surface area contributed by atoms with Crippen LogP contribution in [0.4, 0.5) is 0 Å². The van der Waals surface area contributed by atoms with Crippen LogP contribution in [0.2, 0.25) is 0 Å². The summed E-state index contributed by atoms with van der Waals surface area (Å²) in [6, 6.07) is 5.36. The lowest BCUT2D eigenvalue weighted by Crippen LogP contribution is -2.30. The van der Waals surface area contributed by atoms with E-state index in [2.05, 4.69) is 19.2 Å². The first-order valence-electron chi connectivity index (χ1n) is 6.54.